The number of oxime groups is 1. The standard InChI is InChI=1S/C25H23ClN4O2/c1-18(30-32-16-6-15-31-24-10-5-3-8-22(24)26)19-11-13-20(14-12-19)29-25-21-7-2-4-9-23(21)27-17-28-25/h2-5,7-14,17H,6,15-16H2,1H3,(H,27,28,29). The number of halogens is 1. The molecule has 0 fully saturated rings. The molecule has 4 rings (SSSR count). The van der Waals surface area contributed by atoms with Crippen LogP contribution in [0.4, 0.5) is 11.5 Å². The van der Waals surface area contributed by atoms with Gasteiger partial charge in [-0.2, -0.15) is 0 Å². The number of anilines is 2. The van der Waals surface area contributed by atoms with E-state index in [1.165, 1.54) is 0 Å². The summed E-state index contributed by atoms with van der Waals surface area (Å²) in [6.07, 6.45) is 2.27. The monoisotopic (exact) mass is 446 g/mol. The van der Waals surface area contributed by atoms with Gasteiger partial charge in [0.1, 0.15) is 24.5 Å². The first-order valence-corrected chi connectivity index (χ1v) is 10.7. The summed E-state index contributed by atoms with van der Waals surface area (Å²) < 4.78 is 5.64. The summed E-state index contributed by atoms with van der Waals surface area (Å²) in [6.45, 7) is 2.89. The van der Waals surface area contributed by atoms with Gasteiger partial charge in [-0.3, -0.25) is 0 Å². The van der Waals surface area contributed by atoms with Crippen LogP contribution in [0.5, 0.6) is 5.75 Å². The third-order valence-corrected chi connectivity index (χ3v) is 5.10. The Morgan fingerprint density at radius 2 is 1.72 bits per heavy atom. The molecule has 0 aliphatic heterocycles. The van der Waals surface area contributed by atoms with Crippen molar-refractivity contribution in [2.24, 2.45) is 5.16 Å². The summed E-state index contributed by atoms with van der Waals surface area (Å²) in [5.74, 6) is 1.45. The number of nitrogens with one attached hydrogen (secondary N) is 1. The average molecular weight is 447 g/mol. The predicted octanol–water partition coefficient (Wildman–Crippen LogP) is 6.24. The van der Waals surface area contributed by atoms with Crippen molar-refractivity contribution in [2.75, 3.05) is 18.5 Å². The van der Waals surface area contributed by atoms with Gasteiger partial charge in [-0.25, -0.2) is 9.97 Å². The highest BCUT2D eigenvalue weighted by Gasteiger charge is 2.05. The number of nitrogens with zero attached hydrogens (tertiary/aromatic N) is 3. The van der Waals surface area contributed by atoms with Gasteiger partial charge in [0.05, 0.1) is 22.9 Å². The minimum absolute atomic E-state index is 0.461. The second-order valence-corrected chi connectivity index (χ2v) is 7.49. The van der Waals surface area contributed by atoms with Crippen LogP contribution in [0.1, 0.15) is 18.9 Å². The van der Waals surface area contributed by atoms with Crippen molar-refractivity contribution in [2.45, 2.75) is 13.3 Å². The molecule has 6 nitrogen and oxygen atoms in total. The molecule has 0 aliphatic rings. The van der Waals surface area contributed by atoms with Crippen molar-refractivity contribution in [3.8, 4) is 5.75 Å². The van der Waals surface area contributed by atoms with Crippen molar-refractivity contribution in [3.63, 3.8) is 0 Å². The Morgan fingerprint density at radius 1 is 0.938 bits per heavy atom. The lowest BCUT2D eigenvalue weighted by atomic mass is 10.1. The molecule has 0 saturated heterocycles. The Labute approximate surface area is 191 Å². The number of ether oxygens (including phenoxy) is 1. The molecule has 162 valence electrons. The topological polar surface area (TPSA) is 68.6 Å². The van der Waals surface area contributed by atoms with Crippen LogP contribution >= 0.6 is 11.6 Å². The average Bonchev–Trinajstić information content (AvgIpc) is 2.83. The maximum absolute atomic E-state index is 6.07. The molecule has 0 radical (unpaired) electrons. The lowest BCUT2D eigenvalue weighted by Gasteiger charge is -2.09. The molecule has 32 heavy (non-hydrogen) atoms. The van der Waals surface area contributed by atoms with Gasteiger partial charge in [0, 0.05) is 17.5 Å². The van der Waals surface area contributed by atoms with Crippen LogP contribution in [-0.2, 0) is 4.84 Å². The molecule has 3 aromatic carbocycles. The van der Waals surface area contributed by atoms with Crippen molar-refractivity contribution >= 4 is 39.7 Å². The van der Waals surface area contributed by atoms with Crippen LogP contribution < -0.4 is 10.1 Å². The number of benzene rings is 3. The summed E-state index contributed by atoms with van der Waals surface area (Å²) in [4.78, 5) is 14.1. The minimum Gasteiger partial charge on any atom is -0.492 e. The minimum atomic E-state index is 0.461. The second kappa shape index (κ2) is 10.6. The Bertz CT molecular complexity index is 1210. The Balaban J connectivity index is 1.27. The quantitative estimate of drug-likeness (QED) is 0.187. The molecule has 0 unspecified atom stereocenters. The number of aromatic nitrogens is 2. The van der Waals surface area contributed by atoms with Gasteiger partial charge >= 0.3 is 0 Å². The summed E-state index contributed by atoms with van der Waals surface area (Å²) in [5, 5.41) is 9.14. The molecule has 7 heteroatoms. The summed E-state index contributed by atoms with van der Waals surface area (Å²) in [5.41, 5.74) is 3.62. The van der Waals surface area contributed by atoms with Crippen molar-refractivity contribution < 1.29 is 9.57 Å². The first-order chi connectivity index (χ1) is 15.7. The predicted molar refractivity (Wildman–Crippen MR) is 129 cm³/mol. The van der Waals surface area contributed by atoms with Crippen LogP contribution in [0, 0.1) is 0 Å². The Kier molecular flexibility index (Phi) is 7.15. The van der Waals surface area contributed by atoms with Gasteiger partial charge in [-0.05, 0) is 48.9 Å². The lowest BCUT2D eigenvalue weighted by Crippen LogP contribution is -2.03. The molecule has 0 atom stereocenters. The smallest absolute Gasteiger partial charge is 0.141 e. The highest BCUT2D eigenvalue weighted by molar-refractivity contribution is 6.32. The Hall–Kier alpha value is -3.64. The Morgan fingerprint density at radius 3 is 2.56 bits per heavy atom. The lowest BCUT2D eigenvalue weighted by molar-refractivity contribution is 0.127. The molecule has 1 heterocycles. The summed E-state index contributed by atoms with van der Waals surface area (Å²) in [6, 6.07) is 23.3. The number of para-hydroxylation sites is 2. The largest absolute Gasteiger partial charge is 0.492 e. The number of hydrogen-bond acceptors (Lipinski definition) is 6. The van der Waals surface area contributed by atoms with E-state index >= 15 is 0 Å². The van der Waals surface area contributed by atoms with E-state index in [1.807, 2.05) is 73.7 Å². The van der Waals surface area contributed by atoms with Crippen molar-refractivity contribution in [1.29, 1.82) is 0 Å². The molecule has 4 aromatic rings. The third-order valence-electron chi connectivity index (χ3n) is 4.78. The first kappa shape index (κ1) is 21.6. The van der Waals surface area contributed by atoms with Crippen molar-refractivity contribution in [3.05, 3.63) is 89.7 Å². The first-order valence-electron chi connectivity index (χ1n) is 10.3. The van der Waals surface area contributed by atoms with E-state index in [0.29, 0.717) is 30.4 Å². The zero-order chi connectivity index (χ0) is 22.2. The van der Waals surface area contributed by atoms with Crippen LogP contribution in [0.2, 0.25) is 5.02 Å². The van der Waals surface area contributed by atoms with Crippen LogP contribution in [0.15, 0.2) is 84.3 Å². The number of rotatable bonds is 9. The van der Waals surface area contributed by atoms with Gasteiger partial charge in [0.25, 0.3) is 0 Å². The number of fused-ring (bicyclic) bond motifs is 1. The fourth-order valence-corrected chi connectivity index (χ4v) is 3.29. The highest BCUT2D eigenvalue weighted by atomic mass is 35.5. The van der Waals surface area contributed by atoms with Gasteiger partial charge in [0.2, 0.25) is 0 Å². The molecule has 0 saturated carbocycles. The molecule has 0 bridgehead atoms. The number of hydrogen-bond donors (Lipinski definition) is 1. The van der Waals surface area contributed by atoms with E-state index in [2.05, 4.69) is 20.4 Å². The molecular weight excluding hydrogens is 424 g/mol. The second-order valence-electron chi connectivity index (χ2n) is 7.08. The van der Waals surface area contributed by atoms with E-state index in [0.717, 1.165) is 33.7 Å². The fourth-order valence-electron chi connectivity index (χ4n) is 3.10. The molecular formula is C25H23ClN4O2. The summed E-state index contributed by atoms with van der Waals surface area (Å²) in [7, 11) is 0. The van der Waals surface area contributed by atoms with Crippen molar-refractivity contribution in [1.82, 2.24) is 9.97 Å². The van der Waals surface area contributed by atoms with Crippen LogP contribution in [0.25, 0.3) is 10.9 Å². The molecule has 1 aromatic heterocycles. The third kappa shape index (κ3) is 5.53. The zero-order valence-corrected chi connectivity index (χ0v) is 18.4. The maximum atomic E-state index is 6.07. The van der Waals surface area contributed by atoms with Gasteiger partial charge in [-0.15, -0.1) is 0 Å². The van der Waals surface area contributed by atoms with Crippen LogP contribution in [-0.4, -0.2) is 28.9 Å². The van der Waals surface area contributed by atoms with E-state index in [4.69, 9.17) is 21.2 Å². The normalized spacial score (nSPS) is 11.4. The van der Waals surface area contributed by atoms with Gasteiger partial charge < -0.3 is 14.9 Å². The molecule has 1 N–H and O–H groups in total. The van der Waals surface area contributed by atoms with Crippen LogP contribution in [0.3, 0.4) is 0 Å². The molecule has 0 spiro atoms. The zero-order valence-electron chi connectivity index (χ0n) is 17.7. The fraction of sp³-hybridized carbons (Fsp3) is 0.160. The maximum Gasteiger partial charge on any atom is 0.141 e. The van der Waals surface area contributed by atoms with Gasteiger partial charge in [0.15, 0.2) is 0 Å². The SMILES string of the molecule is CC(=NOCCCOc1ccccc1Cl)c1ccc(Nc2ncnc3ccccc23)cc1. The van der Waals surface area contributed by atoms with E-state index < -0.39 is 0 Å². The van der Waals surface area contributed by atoms with E-state index in [9.17, 15) is 0 Å². The highest BCUT2D eigenvalue weighted by Crippen LogP contribution is 2.24. The van der Waals surface area contributed by atoms with E-state index in [1.54, 1.807) is 12.4 Å². The van der Waals surface area contributed by atoms with E-state index in [-0.39, 0.29) is 0 Å². The molecule has 0 amide bonds. The molecule has 0 aliphatic carbocycles. The van der Waals surface area contributed by atoms with Gasteiger partial charge in [-0.1, -0.05) is 53.2 Å². The summed E-state index contributed by atoms with van der Waals surface area (Å²) >= 11 is 6.07.